The summed E-state index contributed by atoms with van der Waals surface area (Å²) in [6.07, 6.45) is 0.836. The zero-order valence-corrected chi connectivity index (χ0v) is 14.1. The monoisotopic (exact) mass is 298 g/mol. The molecule has 0 aromatic heterocycles. The van der Waals surface area contributed by atoms with Crippen LogP contribution in [0, 0.1) is 19.8 Å². The zero-order valence-electron chi connectivity index (χ0n) is 13.3. The predicted molar refractivity (Wildman–Crippen MR) is 84.2 cm³/mol. The maximum atomic E-state index is 12.8. The Hall–Kier alpha value is -1.07. The number of rotatable bonds is 5. The van der Waals surface area contributed by atoms with Crippen LogP contribution in [-0.2, 0) is 10.0 Å². The lowest BCUT2D eigenvalue weighted by atomic mass is 10.1. The molecule has 20 heavy (non-hydrogen) atoms. The van der Waals surface area contributed by atoms with E-state index in [-0.39, 0.29) is 6.04 Å². The Morgan fingerprint density at radius 2 is 1.60 bits per heavy atom. The molecule has 1 rings (SSSR count). The Kier molecular flexibility index (Phi) is 5.21. The molecule has 0 aliphatic heterocycles. The lowest BCUT2D eigenvalue weighted by molar-refractivity contribution is 0.337. The second-order valence-electron chi connectivity index (χ2n) is 5.98. The molecule has 1 atom stereocenters. The number of benzene rings is 1. The van der Waals surface area contributed by atoms with E-state index in [4.69, 9.17) is 5.73 Å². The first kappa shape index (κ1) is 17.0. The first-order valence-electron chi connectivity index (χ1n) is 6.92. The van der Waals surface area contributed by atoms with Crippen LogP contribution in [0.25, 0.3) is 0 Å². The van der Waals surface area contributed by atoms with Crippen LogP contribution in [0.1, 0.15) is 38.3 Å². The van der Waals surface area contributed by atoms with Gasteiger partial charge in [0, 0.05) is 18.8 Å². The third-order valence-electron chi connectivity index (χ3n) is 3.55. The van der Waals surface area contributed by atoms with Gasteiger partial charge >= 0.3 is 0 Å². The van der Waals surface area contributed by atoms with E-state index in [9.17, 15) is 8.42 Å². The predicted octanol–water partition coefficient (Wildman–Crippen LogP) is 2.94. The highest BCUT2D eigenvalue weighted by Crippen LogP contribution is 2.27. The van der Waals surface area contributed by atoms with Gasteiger partial charge in [0.1, 0.15) is 0 Å². The molecule has 0 radical (unpaired) electrons. The van der Waals surface area contributed by atoms with Crippen LogP contribution < -0.4 is 5.73 Å². The van der Waals surface area contributed by atoms with Gasteiger partial charge in [-0.3, -0.25) is 0 Å². The van der Waals surface area contributed by atoms with E-state index in [0.29, 0.717) is 27.6 Å². The van der Waals surface area contributed by atoms with Gasteiger partial charge in [0.15, 0.2) is 0 Å². The summed E-state index contributed by atoms with van der Waals surface area (Å²) in [5.41, 5.74) is 7.76. The molecular formula is C15H26N2O2S. The van der Waals surface area contributed by atoms with Crippen LogP contribution in [0.4, 0.5) is 5.69 Å². The number of hydrogen-bond acceptors (Lipinski definition) is 3. The Labute approximate surface area is 123 Å². The van der Waals surface area contributed by atoms with Crippen molar-refractivity contribution in [3.63, 3.8) is 0 Å². The van der Waals surface area contributed by atoms with Gasteiger partial charge in [0.05, 0.1) is 4.90 Å². The second-order valence-corrected chi connectivity index (χ2v) is 7.92. The molecule has 4 nitrogen and oxygen atoms in total. The number of nitrogen functional groups attached to an aromatic ring is 1. The Morgan fingerprint density at radius 1 is 1.15 bits per heavy atom. The molecule has 0 bridgehead atoms. The fourth-order valence-corrected chi connectivity index (χ4v) is 4.38. The van der Waals surface area contributed by atoms with Gasteiger partial charge < -0.3 is 5.73 Å². The van der Waals surface area contributed by atoms with Crippen molar-refractivity contribution in [2.45, 2.75) is 52.0 Å². The summed E-state index contributed by atoms with van der Waals surface area (Å²) in [6.45, 7) is 9.71. The molecule has 1 aromatic carbocycles. The molecule has 0 aliphatic rings. The van der Waals surface area contributed by atoms with Crippen molar-refractivity contribution in [2.75, 3.05) is 12.8 Å². The Morgan fingerprint density at radius 3 is 2.00 bits per heavy atom. The highest BCUT2D eigenvalue weighted by Gasteiger charge is 2.28. The summed E-state index contributed by atoms with van der Waals surface area (Å²) < 4.78 is 27.1. The van der Waals surface area contributed by atoms with Crippen molar-refractivity contribution >= 4 is 15.7 Å². The Balaban J connectivity index is 3.24. The number of hydrogen-bond donors (Lipinski definition) is 1. The zero-order chi connectivity index (χ0) is 15.7. The van der Waals surface area contributed by atoms with Crippen LogP contribution in [0.2, 0.25) is 0 Å². The van der Waals surface area contributed by atoms with E-state index in [1.807, 2.05) is 6.92 Å². The molecule has 1 aromatic rings. The highest BCUT2D eigenvalue weighted by atomic mass is 32.2. The quantitative estimate of drug-likeness (QED) is 0.850. The average molecular weight is 298 g/mol. The summed E-state index contributed by atoms with van der Waals surface area (Å²) in [6, 6.07) is 3.39. The van der Waals surface area contributed by atoms with Crippen LogP contribution in [0.3, 0.4) is 0 Å². The van der Waals surface area contributed by atoms with Gasteiger partial charge in [0.25, 0.3) is 0 Å². The first-order valence-corrected chi connectivity index (χ1v) is 8.36. The van der Waals surface area contributed by atoms with Crippen LogP contribution >= 0.6 is 0 Å². The molecule has 0 fully saturated rings. The van der Waals surface area contributed by atoms with Gasteiger partial charge in [-0.25, -0.2) is 8.42 Å². The van der Waals surface area contributed by atoms with E-state index in [2.05, 4.69) is 13.8 Å². The molecular weight excluding hydrogens is 272 g/mol. The molecule has 1 unspecified atom stereocenters. The normalized spacial score (nSPS) is 14.0. The van der Waals surface area contributed by atoms with E-state index < -0.39 is 10.0 Å². The number of sulfonamides is 1. The third-order valence-corrected chi connectivity index (χ3v) is 5.83. The summed E-state index contributed by atoms with van der Waals surface area (Å²) in [7, 11) is -1.83. The number of nitrogens with two attached hydrogens (primary N) is 1. The maximum absolute atomic E-state index is 12.8. The number of nitrogens with zero attached hydrogens (tertiary/aromatic N) is 1. The van der Waals surface area contributed by atoms with Crippen molar-refractivity contribution < 1.29 is 8.42 Å². The van der Waals surface area contributed by atoms with Crippen molar-refractivity contribution in [1.82, 2.24) is 4.31 Å². The summed E-state index contributed by atoms with van der Waals surface area (Å²) in [5, 5.41) is 0. The van der Waals surface area contributed by atoms with E-state index in [1.165, 1.54) is 4.31 Å². The molecule has 0 saturated carbocycles. The summed E-state index contributed by atoms with van der Waals surface area (Å²) >= 11 is 0. The smallest absolute Gasteiger partial charge is 0.243 e. The van der Waals surface area contributed by atoms with Crippen LogP contribution in [-0.4, -0.2) is 25.8 Å². The lowest BCUT2D eigenvalue weighted by Gasteiger charge is -2.27. The SMILES string of the molecule is Cc1cc(N)cc(C)c1S(=O)(=O)N(C)C(C)CC(C)C. The van der Waals surface area contributed by atoms with Gasteiger partial charge in [-0.15, -0.1) is 0 Å². The van der Waals surface area contributed by atoms with Crippen molar-refractivity contribution in [3.05, 3.63) is 23.3 Å². The summed E-state index contributed by atoms with van der Waals surface area (Å²) in [4.78, 5) is 0.379. The molecule has 114 valence electrons. The van der Waals surface area contributed by atoms with Gasteiger partial charge in [-0.2, -0.15) is 4.31 Å². The minimum atomic E-state index is -3.48. The van der Waals surface area contributed by atoms with Gasteiger partial charge in [-0.1, -0.05) is 13.8 Å². The molecule has 0 heterocycles. The highest BCUT2D eigenvalue weighted by molar-refractivity contribution is 7.89. The number of anilines is 1. The minimum Gasteiger partial charge on any atom is -0.399 e. The molecule has 0 aliphatic carbocycles. The minimum absolute atomic E-state index is 0.0312. The molecule has 0 saturated heterocycles. The topological polar surface area (TPSA) is 63.4 Å². The standard InChI is InChI=1S/C15H26N2O2S/c1-10(2)7-13(5)17(6)20(18,19)15-11(3)8-14(16)9-12(15)4/h8-10,13H,7,16H2,1-6H3. The fraction of sp³-hybridized carbons (Fsp3) is 0.600. The third kappa shape index (κ3) is 3.52. The molecule has 0 spiro atoms. The first-order chi connectivity index (χ1) is 9.07. The largest absolute Gasteiger partial charge is 0.399 e. The second kappa shape index (κ2) is 6.14. The van der Waals surface area contributed by atoms with Gasteiger partial charge in [-0.05, 0) is 56.4 Å². The van der Waals surface area contributed by atoms with Crippen molar-refractivity contribution in [3.8, 4) is 0 Å². The van der Waals surface area contributed by atoms with E-state index in [0.717, 1.165) is 6.42 Å². The van der Waals surface area contributed by atoms with Crippen molar-refractivity contribution in [1.29, 1.82) is 0 Å². The van der Waals surface area contributed by atoms with Crippen LogP contribution in [0.15, 0.2) is 17.0 Å². The molecule has 5 heteroatoms. The van der Waals surface area contributed by atoms with Crippen molar-refractivity contribution in [2.24, 2.45) is 5.92 Å². The van der Waals surface area contributed by atoms with Gasteiger partial charge in [0.2, 0.25) is 10.0 Å². The van der Waals surface area contributed by atoms with E-state index >= 15 is 0 Å². The number of aryl methyl sites for hydroxylation is 2. The average Bonchev–Trinajstić information content (AvgIpc) is 2.24. The van der Waals surface area contributed by atoms with E-state index in [1.54, 1.807) is 33.0 Å². The maximum Gasteiger partial charge on any atom is 0.243 e. The van der Waals surface area contributed by atoms with Crippen LogP contribution in [0.5, 0.6) is 0 Å². The fourth-order valence-electron chi connectivity index (χ4n) is 2.60. The molecule has 0 amide bonds. The molecule has 2 N–H and O–H groups in total. The Bertz CT molecular complexity index is 557. The summed E-state index contributed by atoms with van der Waals surface area (Å²) in [5.74, 6) is 0.455. The lowest BCUT2D eigenvalue weighted by Crippen LogP contribution is -2.36.